The van der Waals surface area contributed by atoms with Gasteiger partial charge in [0.25, 0.3) is 5.91 Å². The minimum atomic E-state index is 0.0214. The van der Waals surface area contributed by atoms with Crippen LogP contribution in [0.5, 0.6) is 0 Å². The van der Waals surface area contributed by atoms with Crippen LogP contribution in [0.1, 0.15) is 21.7 Å². The van der Waals surface area contributed by atoms with Crippen LogP contribution in [0.15, 0.2) is 65.9 Å². The Morgan fingerprint density at radius 3 is 3.00 bits per heavy atom. The summed E-state index contributed by atoms with van der Waals surface area (Å²) in [5, 5.41) is 0. The van der Waals surface area contributed by atoms with Gasteiger partial charge in [0.05, 0.1) is 36.0 Å². The lowest BCUT2D eigenvalue weighted by atomic mass is 10.0. The van der Waals surface area contributed by atoms with Crippen molar-refractivity contribution in [1.82, 2.24) is 19.3 Å². The number of fused-ring (bicyclic) bond motifs is 2. The monoisotopic (exact) mass is 344 g/mol. The van der Waals surface area contributed by atoms with E-state index < -0.39 is 0 Å². The van der Waals surface area contributed by atoms with E-state index in [1.165, 1.54) is 0 Å². The lowest BCUT2D eigenvalue weighted by Gasteiger charge is -2.14. The topological polar surface area (TPSA) is 63.6 Å². The summed E-state index contributed by atoms with van der Waals surface area (Å²) < 4.78 is 7.16. The van der Waals surface area contributed by atoms with Gasteiger partial charge < -0.3 is 13.7 Å². The van der Waals surface area contributed by atoms with Gasteiger partial charge in [-0.3, -0.25) is 9.78 Å². The molecule has 0 N–H and O–H groups in total. The maximum absolute atomic E-state index is 12.9. The molecule has 0 fully saturated rings. The zero-order valence-electron chi connectivity index (χ0n) is 14.0. The van der Waals surface area contributed by atoms with Gasteiger partial charge in [-0.1, -0.05) is 6.07 Å². The van der Waals surface area contributed by atoms with Gasteiger partial charge in [0.1, 0.15) is 5.65 Å². The quantitative estimate of drug-likeness (QED) is 0.570. The molecule has 5 heterocycles. The Hall–Kier alpha value is -3.41. The number of pyridine rings is 2. The molecular formula is C20H16N4O2. The highest BCUT2D eigenvalue weighted by Crippen LogP contribution is 2.31. The van der Waals surface area contributed by atoms with Gasteiger partial charge in [-0.25, -0.2) is 4.98 Å². The maximum Gasteiger partial charge on any atom is 0.256 e. The highest BCUT2D eigenvalue weighted by atomic mass is 16.3. The first kappa shape index (κ1) is 14.9. The first-order valence-electron chi connectivity index (χ1n) is 8.52. The summed E-state index contributed by atoms with van der Waals surface area (Å²) in [4.78, 5) is 23.8. The van der Waals surface area contributed by atoms with Crippen molar-refractivity contribution in [2.75, 3.05) is 6.54 Å². The molecule has 1 amide bonds. The fourth-order valence-electron chi connectivity index (χ4n) is 3.47. The average Bonchev–Trinajstić information content (AvgIpc) is 3.39. The van der Waals surface area contributed by atoms with E-state index in [0.29, 0.717) is 25.1 Å². The number of carbonyl (C=O) groups excluding carboxylic acids is 1. The van der Waals surface area contributed by atoms with Crippen molar-refractivity contribution in [3.8, 4) is 11.1 Å². The second-order valence-corrected chi connectivity index (χ2v) is 6.37. The predicted molar refractivity (Wildman–Crippen MR) is 95.6 cm³/mol. The number of imidazole rings is 1. The summed E-state index contributed by atoms with van der Waals surface area (Å²) in [6.07, 6.45) is 9.72. The molecule has 0 bridgehead atoms. The normalized spacial score (nSPS) is 13.5. The molecule has 26 heavy (non-hydrogen) atoms. The Labute approximate surface area is 149 Å². The molecule has 5 rings (SSSR count). The molecule has 0 atom stereocenters. The average molecular weight is 344 g/mol. The van der Waals surface area contributed by atoms with Crippen molar-refractivity contribution in [2.24, 2.45) is 0 Å². The molecule has 1 aliphatic rings. The molecule has 0 aliphatic carbocycles. The Balaban J connectivity index is 1.38. The minimum Gasteiger partial charge on any atom is -0.472 e. The SMILES string of the molecule is O=C1c2c(-c3ccoc3)ccnc2CN1CCc1cn2ccccc2n1. The lowest BCUT2D eigenvalue weighted by Crippen LogP contribution is -2.26. The van der Waals surface area contributed by atoms with Crippen molar-refractivity contribution in [2.45, 2.75) is 13.0 Å². The number of hydrogen-bond donors (Lipinski definition) is 0. The van der Waals surface area contributed by atoms with E-state index in [0.717, 1.165) is 28.2 Å². The molecule has 0 radical (unpaired) electrons. The van der Waals surface area contributed by atoms with Crippen molar-refractivity contribution in [1.29, 1.82) is 0 Å². The summed E-state index contributed by atoms with van der Waals surface area (Å²) in [5.74, 6) is 0.0214. The van der Waals surface area contributed by atoms with Gasteiger partial charge in [0.2, 0.25) is 0 Å². The first-order valence-corrected chi connectivity index (χ1v) is 8.52. The lowest BCUT2D eigenvalue weighted by molar-refractivity contribution is 0.0780. The van der Waals surface area contributed by atoms with Crippen molar-refractivity contribution in [3.05, 3.63) is 78.4 Å². The smallest absolute Gasteiger partial charge is 0.256 e. The van der Waals surface area contributed by atoms with Crippen LogP contribution in [0.25, 0.3) is 16.8 Å². The van der Waals surface area contributed by atoms with Gasteiger partial charge in [-0.15, -0.1) is 0 Å². The third kappa shape index (κ3) is 2.38. The maximum atomic E-state index is 12.9. The summed E-state index contributed by atoms with van der Waals surface area (Å²) in [6.45, 7) is 1.15. The van der Waals surface area contributed by atoms with Crippen LogP contribution in [0.4, 0.5) is 0 Å². The Kier molecular flexibility index (Phi) is 3.35. The Bertz CT molecular complexity index is 1070. The van der Waals surface area contributed by atoms with E-state index in [4.69, 9.17) is 4.42 Å². The summed E-state index contributed by atoms with van der Waals surface area (Å²) >= 11 is 0. The third-order valence-electron chi connectivity index (χ3n) is 4.76. The molecule has 1 aliphatic heterocycles. The van der Waals surface area contributed by atoms with Crippen LogP contribution >= 0.6 is 0 Å². The number of aromatic nitrogens is 3. The molecule has 0 unspecified atom stereocenters. The van der Waals surface area contributed by atoms with Gasteiger partial charge in [0, 0.05) is 42.7 Å². The molecule has 0 saturated carbocycles. The van der Waals surface area contributed by atoms with Crippen LogP contribution in [-0.2, 0) is 13.0 Å². The second-order valence-electron chi connectivity index (χ2n) is 6.37. The van der Waals surface area contributed by atoms with Crippen molar-refractivity contribution >= 4 is 11.6 Å². The van der Waals surface area contributed by atoms with Crippen LogP contribution in [0.3, 0.4) is 0 Å². The van der Waals surface area contributed by atoms with Gasteiger partial charge in [0.15, 0.2) is 0 Å². The highest BCUT2D eigenvalue weighted by molar-refractivity contribution is 6.03. The molecule has 0 aromatic carbocycles. The van der Waals surface area contributed by atoms with Crippen LogP contribution in [0.2, 0.25) is 0 Å². The van der Waals surface area contributed by atoms with Crippen LogP contribution < -0.4 is 0 Å². The zero-order valence-corrected chi connectivity index (χ0v) is 14.0. The van der Waals surface area contributed by atoms with Gasteiger partial charge in [-0.2, -0.15) is 0 Å². The number of nitrogens with zero attached hydrogens (tertiary/aromatic N) is 4. The molecule has 6 heteroatoms. The molecule has 128 valence electrons. The summed E-state index contributed by atoms with van der Waals surface area (Å²) in [6, 6.07) is 9.65. The third-order valence-corrected chi connectivity index (χ3v) is 4.76. The molecule has 6 nitrogen and oxygen atoms in total. The van der Waals surface area contributed by atoms with E-state index in [-0.39, 0.29) is 5.91 Å². The van der Waals surface area contributed by atoms with Gasteiger partial charge >= 0.3 is 0 Å². The largest absolute Gasteiger partial charge is 0.472 e. The van der Waals surface area contributed by atoms with Crippen LogP contribution in [-0.4, -0.2) is 31.7 Å². The van der Waals surface area contributed by atoms with Crippen molar-refractivity contribution < 1.29 is 9.21 Å². The fraction of sp³-hybridized carbons (Fsp3) is 0.150. The van der Waals surface area contributed by atoms with E-state index in [2.05, 4.69) is 9.97 Å². The minimum absolute atomic E-state index is 0.0214. The zero-order chi connectivity index (χ0) is 17.5. The van der Waals surface area contributed by atoms with E-state index in [9.17, 15) is 4.79 Å². The molecule has 0 saturated heterocycles. The van der Waals surface area contributed by atoms with E-state index in [1.807, 2.05) is 52.0 Å². The number of furan rings is 1. The van der Waals surface area contributed by atoms with Crippen molar-refractivity contribution in [3.63, 3.8) is 0 Å². The standard InChI is InChI=1S/C20H16N4O2/c25-20-19-16(14-6-10-26-13-14)4-7-21-17(19)12-24(20)9-5-15-11-23-8-2-1-3-18(23)22-15/h1-4,6-8,10-11,13H,5,9,12H2. The molecule has 4 aromatic rings. The summed E-state index contributed by atoms with van der Waals surface area (Å²) in [5.41, 5.74) is 5.18. The summed E-state index contributed by atoms with van der Waals surface area (Å²) in [7, 11) is 0. The molecule has 4 aromatic heterocycles. The Morgan fingerprint density at radius 1 is 1.19 bits per heavy atom. The number of rotatable bonds is 4. The molecule has 0 spiro atoms. The molecular weight excluding hydrogens is 328 g/mol. The highest BCUT2D eigenvalue weighted by Gasteiger charge is 2.31. The Morgan fingerprint density at radius 2 is 2.15 bits per heavy atom. The number of amides is 1. The van der Waals surface area contributed by atoms with Crippen LogP contribution in [0, 0.1) is 0 Å². The predicted octanol–water partition coefficient (Wildman–Crippen LogP) is 3.19. The second kappa shape index (κ2) is 5.84. The van der Waals surface area contributed by atoms with E-state index >= 15 is 0 Å². The first-order chi connectivity index (χ1) is 12.8. The van der Waals surface area contributed by atoms with Gasteiger partial charge in [-0.05, 0) is 24.3 Å². The van der Waals surface area contributed by atoms with E-state index in [1.54, 1.807) is 18.7 Å². The fourth-order valence-corrected chi connectivity index (χ4v) is 3.47. The number of carbonyl (C=O) groups is 1. The number of hydrogen-bond acceptors (Lipinski definition) is 4.